The molecule has 2 atom stereocenters. The number of morpholine rings is 1. The minimum Gasteiger partial charge on any atom is -0.373 e. The second kappa shape index (κ2) is 6.42. The lowest BCUT2D eigenvalue weighted by molar-refractivity contribution is -0.0713. The van der Waals surface area contributed by atoms with E-state index in [9.17, 15) is 9.59 Å². The smallest absolute Gasteiger partial charge is 0.332 e. The van der Waals surface area contributed by atoms with Gasteiger partial charge in [-0.1, -0.05) is 0 Å². The molecule has 0 spiro atoms. The zero-order valence-electron chi connectivity index (χ0n) is 15.8. The van der Waals surface area contributed by atoms with E-state index in [1.165, 1.54) is 11.6 Å². The molecule has 0 N–H and O–H groups in total. The summed E-state index contributed by atoms with van der Waals surface area (Å²) in [6, 6.07) is 0.0705. The number of ether oxygens (including phenoxy) is 1. The molecule has 1 aliphatic heterocycles. The first-order valence-corrected chi connectivity index (χ1v) is 8.75. The molecule has 2 aromatic rings. The number of imidazole rings is 1. The minimum absolute atomic E-state index is 0.0705. The maximum atomic E-state index is 12.7. The van der Waals surface area contributed by atoms with Crippen LogP contribution in [0, 0.1) is 0 Å². The summed E-state index contributed by atoms with van der Waals surface area (Å²) in [7, 11) is 3.16. The molecule has 0 aromatic carbocycles. The number of fused-ring (bicyclic) bond motifs is 1. The van der Waals surface area contributed by atoms with E-state index in [2.05, 4.69) is 23.7 Å². The minimum atomic E-state index is -0.355. The average Bonchev–Trinajstić information content (AvgIpc) is 2.89. The van der Waals surface area contributed by atoms with E-state index in [0.717, 1.165) is 23.5 Å². The van der Waals surface area contributed by atoms with Crippen LogP contribution in [0.5, 0.6) is 0 Å². The van der Waals surface area contributed by atoms with Gasteiger partial charge in [0.2, 0.25) is 0 Å². The van der Waals surface area contributed by atoms with Gasteiger partial charge in [-0.15, -0.1) is 0 Å². The van der Waals surface area contributed by atoms with E-state index in [1.54, 1.807) is 7.05 Å². The number of nitrogens with zero attached hydrogens (tertiary/aromatic N) is 5. The lowest BCUT2D eigenvalue weighted by atomic mass is 10.2. The van der Waals surface area contributed by atoms with Crippen molar-refractivity contribution in [2.24, 2.45) is 14.1 Å². The molecule has 1 fully saturated rings. The highest BCUT2D eigenvalue weighted by atomic mass is 16.5. The number of hydrogen-bond donors (Lipinski definition) is 0. The van der Waals surface area contributed by atoms with Crippen molar-refractivity contribution in [3.63, 3.8) is 0 Å². The first-order chi connectivity index (χ1) is 11.7. The molecular formula is C17H27N5O3. The first kappa shape index (κ1) is 17.9. The largest absolute Gasteiger partial charge is 0.373 e. The molecule has 2 aromatic heterocycles. The quantitative estimate of drug-likeness (QED) is 0.812. The normalized spacial score (nSPS) is 22.2. The Morgan fingerprint density at radius 2 is 1.72 bits per heavy atom. The van der Waals surface area contributed by atoms with Gasteiger partial charge in [-0.2, -0.15) is 0 Å². The van der Waals surface area contributed by atoms with Gasteiger partial charge in [-0.25, -0.2) is 9.78 Å². The van der Waals surface area contributed by atoms with Gasteiger partial charge < -0.3 is 9.30 Å². The Morgan fingerprint density at radius 1 is 1.12 bits per heavy atom. The van der Waals surface area contributed by atoms with Crippen LogP contribution in [-0.4, -0.2) is 48.9 Å². The van der Waals surface area contributed by atoms with Gasteiger partial charge in [0.15, 0.2) is 11.2 Å². The van der Waals surface area contributed by atoms with Gasteiger partial charge in [-0.05, 0) is 27.7 Å². The van der Waals surface area contributed by atoms with Crippen molar-refractivity contribution in [1.29, 1.82) is 0 Å². The van der Waals surface area contributed by atoms with E-state index >= 15 is 0 Å². The fraction of sp³-hybridized carbons (Fsp3) is 0.706. The fourth-order valence-electron chi connectivity index (χ4n) is 3.74. The molecule has 8 heteroatoms. The summed E-state index contributed by atoms with van der Waals surface area (Å²) in [4.78, 5) is 31.9. The molecule has 1 aliphatic rings. The zero-order chi connectivity index (χ0) is 18.5. The Balaban J connectivity index is 2.14. The summed E-state index contributed by atoms with van der Waals surface area (Å²) in [5.74, 6) is 0.810. The predicted octanol–water partition coefficient (Wildman–Crippen LogP) is 0.624. The third-order valence-corrected chi connectivity index (χ3v) is 4.74. The first-order valence-electron chi connectivity index (χ1n) is 8.75. The Bertz CT molecular complexity index is 898. The van der Waals surface area contributed by atoms with Crippen molar-refractivity contribution >= 4 is 11.2 Å². The second-order valence-electron chi connectivity index (χ2n) is 7.32. The van der Waals surface area contributed by atoms with Crippen LogP contribution in [-0.2, 0) is 25.4 Å². The number of hydrogen-bond acceptors (Lipinski definition) is 5. The lowest BCUT2D eigenvalue weighted by Gasteiger charge is -2.35. The van der Waals surface area contributed by atoms with Crippen LogP contribution < -0.4 is 11.2 Å². The summed E-state index contributed by atoms with van der Waals surface area (Å²) in [6.45, 7) is 10.5. The standard InChI is InChI=1S/C17H27N5O3/c1-10(2)22-13(9-21-7-11(3)25-12(4)8-21)18-15-14(22)16(23)20(6)17(24)19(15)5/h10-12H,7-9H2,1-6H3/t11-,12+. The summed E-state index contributed by atoms with van der Waals surface area (Å²) in [5.41, 5.74) is 0.287. The van der Waals surface area contributed by atoms with Crippen molar-refractivity contribution in [2.75, 3.05) is 13.1 Å². The van der Waals surface area contributed by atoms with Crippen LogP contribution in [0.1, 0.15) is 39.6 Å². The van der Waals surface area contributed by atoms with Crippen LogP contribution in [0.4, 0.5) is 0 Å². The molecule has 8 nitrogen and oxygen atoms in total. The monoisotopic (exact) mass is 349 g/mol. The third-order valence-electron chi connectivity index (χ3n) is 4.74. The molecule has 0 bridgehead atoms. The number of aryl methyl sites for hydroxylation is 1. The number of aromatic nitrogens is 4. The molecule has 25 heavy (non-hydrogen) atoms. The van der Waals surface area contributed by atoms with E-state index in [-0.39, 0.29) is 29.5 Å². The van der Waals surface area contributed by atoms with Crippen LogP contribution in [0.2, 0.25) is 0 Å². The van der Waals surface area contributed by atoms with E-state index in [0.29, 0.717) is 17.7 Å². The van der Waals surface area contributed by atoms with Crippen LogP contribution in [0.15, 0.2) is 9.59 Å². The highest BCUT2D eigenvalue weighted by molar-refractivity contribution is 5.71. The third kappa shape index (κ3) is 3.04. The summed E-state index contributed by atoms with van der Waals surface area (Å²) in [5, 5.41) is 0. The summed E-state index contributed by atoms with van der Waals surface area (Å²) < 4.78 is 10.3. The lowest BCUT2D eigenvalue weighted by Crippen LogP contribution is -2.45. The van der Waals surface area contributed by atoms with Crippen LogP contribution >= 0.6 is 0 Å². The molecule has 3 rings (SSSR count). The van der Waals surface area contributed by atoms with Crippen molar-refractivity contribution in [1.82, 2.24) is 23.6 Å². The molecule has 0 radical (unpaired) electrons. The van der Waals surface area contributed by atoms with Crippen molar-refractivity contribution in [2.45, 2.75) is 52.5 Å². The van der Waals surface area contributed by atoms with Crippen molar-refractivity contribution in [3.05, 3.63) is 26.7 Å². The van der Waals surface area contributed by atoms with Crippen molar-refractivity contribution in [3.8, 4) is 0 Å². The van der Waals surface area contributed by atoms with Crippen LogP contribution in [0.3, 0.4) is 0 Å². The molecule has 138 valence electrons. The predicted molar refractivity (Wildman–Crippen MR) is 95.9 cm³/mol. The molecule has 0 amide bonds. The maximum Gasteiger partial charge on any atom is 0.332 e. The summed E-state index contributed by atoms with van der Waals surface area (Å²) in [6.07, 6.45) is 0.329. The Hall–Kier alpha value is -1.93. The van der Waals surface area contributed by atoms with E-state index in [4.69, 9.17) is 4.74 Å². The maximum absolute atomic E-state index is 12.7. The topological polar surface area (TPSA) is 74.3 Å². The summed E-state index contributed by atoms with van der Waals surface area (Å²) >= 11 is 0. The van der Waals surface area contributed by atoms with Crippen LogP contribution in [0.25, 0.3) is 11.2 Å². The van der Waals surface area contributed by atoms with Gasteiger partial charge in [0.25, 0.3) is 5.56 Å². The SMILES string of the molecule is CC(C)n1c(CN2C[C@@H](C)O[C@@H](C)C2)nc2c1c(=O)n(C)c(=O)n2C. The Kier molecular flexibility index (Phi) is 4.59. The van der Waals surface area contributed by atoms with E-state index in [1.807, 2.05) is 18.4 Å². The van der Waals surface area contributed by atoms with Gasteiger partial charge in [0.05, 0.1) is 18.8 Å². The molecule has 1 saturated heterocycles. The Morgan fingerprint density at radius 3 is 2.28 bits per heavy atom. The van der Waals surface area contributed by atoms with E-state index < -0.39 is 0 Å². The molecule has 0 unspecified atom stereocenters. The zero-order valence-corrected chi connectivity index (χ0v) is 15.8. The van der Waals surface area contributed by atoms with Gasteiger partial charge in [0, 0.05) is 33.2 Å². The van der Waals surface area contributed by atoms with Gasteiger partial charge in [0.1, 0.15) is 5.82 Å². The fourth-order valence-corrected chi connectivity index (χ4v) is 3.74. The highest BCUT2D eigenvalue weighted by Crippen LogP contribution is 2.20. The molecular weight excluding hydrogens is 322 g/mol. The molecule has 0 aliphatic carbocycles. The van der Waals surface area contributed by atoms with Gasteiger partial charge in [-0.3, -0.25) is 18.8 Å². The average molecular weight is 349 g/mol. The highest BCUT2D eigenvalue weighted by Gasteiger charge is 2.26. The number of rotatable bonds is 3. The molecule has 0 saturated carbocycles. The second-order valence-corrected chi connectivity index (χ2v) is 7.32. The Labute approximate surface area is 146 Å². The van der Waals surface area contributed by atoms with Gasteiger partial charge >= 0.3 is 5.69 Å². The molecule has 3 heterocycles. The van der Waals surface area contributed by atoms with Crippen molar-refractivity contribution < 1.29 is 4.74 Å².